The first kappa shape index (κ1) is 15.5. The highest BCUT2D eigenvalue weighted by molar-refractivity contribution is 7.90. The molecule has 18 heavy (non-hydrogen) atoms. The molecule has 0 heterocycles. The smallest absolute Gasteiger partial charge is 0.147 e. The molecule has 0 N–H and O–H groups in total. The fourth-order valence-electron chi connectivity index (χ4n) is 1.80. The van der Waals surface area contributed by atoms with E-state index in [2.05, 4.69) is 4.90 Å². The van der Waals surface area contributed by atoms with E-state index in [1.54, 1.807) is 0 Å². The van der Waals surface area contributed by atoms with Crippen molar-refractivity contribution in [2.75, 3.05) is 25.6 Å². The van der Waals surface area contributed by atoms with Gasteiger partial charge in [0, 0.05) is 17.8 Å². The predicted molar refractivity (Wildman–Crippen MR) is 76.9 cm³/mol. The molecule has 0 atom stereocenters. The maximum Gasteiger partial charge on any atom is 0.147 e. The molecule has 5 heteroatoms. The van der Waals surface area contributed by atoms with Crippen LogP contribution in [0.25, 0.3) is 0 Å². The Labute approximate surface area is 115 Å². The highest BCUT2D eigenvalue weighted by Gasteiger charge is 2.06. The topological polar surface area (TPSA) is 37.4 Å². The zero-order valence-corrected chi connectivity index (χ0v) is 12.7. The van der Waals surface area contributed by atoms with Gasteiger partial charge in [-0.25, -0.2) is 8.42 Å². The Morgan fingerprint density at radius 2 is 2.00 bits per heavy atom. The molecule has 0 aromatic heterocycles. The molecule has 0 unspecified atom stereocenters. The van der Waals surface area contributed by atoms with Crippen LogP contribution in [0, 0.1) is 6.92 Å². The SMILES string of the molecule is Cc1cc(Cl)ccc1CN(C)CCCS(C)(=O)=O. The minimum Gasteiger partial charge on any atom is -0.302 e. The van der Waals surface area contributed by atoms with Gasteiger partial charge in [0.05, 0.1) is 5.75 Å². The number of aryl methyl sites for hydroxylation is 1. The van der Waals surface area contributed by atoms with Gasteiger partial charge in [0.1, 0.15) is 9.84 Å². The minimum absolute atomic E-state index is 0.247. The number of sulfone groups is 1. The zero-order valence-electron chi connectivity index (χ0n) is 11.1. The van der Waals surface area contributed by atoms with E-state index in [1.165, 1.54) is 11.8 Å². The molecule has 1 aromatic rings. The van der Waals surface area contributed by atoms with Crippen LogP contribution in [0.3, 0.4) is 0 Å². The first-order valence-corrected chi connectivity index (χ1v) is 8.33. The van der Waals surface area contributed by atoms with Crippen molar-refractivity contribution in [3.63, 3.8) is 0 Å². The molecule has 0 saturated heterocycles. The third-order valence-electron chi connectivity index (χ3n) is 2.80. The molecule has 0 fully saturated rings. The normalized spacial score (nSPS) is 12.1. The van der Waals surface area contributed by atoms with Crippen molar-refractivity contribution in [2.45, 2.75) is 19.9 Å². The summed E-state index contributed by atoms with van der Waals surface area (Å²) >= 11 is 5.91. The highest BCUT2D eigenvalue weighted by atomic mass is 35.5. The van der Waals surface area contributed by atoms with Gasteiger partial charge in [-0.15, -0.1) is 0 Å². The second-order valence-corrected chi connectivity index (χ2v) is 7.49. The van der Waals surface area contributed by atoms with Crippen LogP contribution in [0.2, 0.25) is 5.02 Å². The summed E-state index contributed by atoms with van der Waals surface area (Å²) in [7, 11) is -0.854. The van der Waals surface area contributed by atoms with Crippen LogP contribution < -0.4 is 0 Å². The van der Waals surface area contributed by atoms with Crippen molar-refractivity contribution in [1.29, 1.82) is 0 Å². The van der Waals surface area contributed by atoms with E-state index in [4.69, 9.17) is 11.6 Å². The molecule has 0 aliphatic heterocycles. The highest BCUT2D eigenvalue weighted by Crippen LogP contribution is 2.16. The van der Waals surface area contributed by atoms with Crippen molar-refractivity contribution < 1.29 is 8.42 Å². The van der Waals surface area contributed by atoms with Gasteiger partial charge in [0.15, 0.2) is 0 Å². The number of nitrogens with zero attached hydrogens (tertiary/aromatic N) is 1. The quantitative estimate of drug-likeness (QED) is 0.807. The fourth-order valence-corrected chi connectivity index (χ4v) is 2.68. The lowest BCUT2D eigenvalue weighted by molar-refractivity contribution is 0.327. The molecule has 0 radical (unpaired) electrons. The van der Waals surface area contributed by atoms with E-state index in [-0.39, 0.29) is 5.75 Å². The van der Waals surface area contributed by atoms with Gasteiger partial charge in [-0.3, -0.25) is 0 Å². The van der Waals surface area contributed by atoms with Gasteiger partial charge in [0.25, 0.3) is 0 Å². The Kier molecular flexibility index (Phi) is 5.63. The predicted octanol–water partition coefficient (Wildman–Crippen LogP) is 2.51. The van der Waals surface area contributed by atoms with Crippen molar-refractivity contribution in [3.8, 4) is 0 Å². The van der Waals surface area contributed by atoms with Gasteiger partial charge in [0.2, 0.25) is 0 Å². The summed E-state index contributed by atoms with van der Waals surface area (Å²) in [5.41, 5.74) is 2.39. The summed E-state index contributed by atoms with van der Waals surface area (Å²) in [5.74, 6) is 0.247. The molecular formula is C13H20ClNO2S. The molecule has 0 spiro atoms. The van der Waals surface area contributed by atoms with Crippen LogP contribution in [-0.4, -0.2) is 38.9 Å². The zero-order chi connectivity index (χ0) is 13.8. The van der Waals surface area contributed by atoms with E-state index < -0.39 is 9.84 Å². The first-order chi connectivity index (χ1) is 8.28. The molecule has 1 rings (SSSR count). The fraction of sp³-hybridized carbons (Fsp3) is 0.538. The van der Waals surface area contributed by atoms with Gasteiger partial charge >= 0.3 is 0 Å². The van der Waals surface area contributed by atoms with Crippen LogP contribution in [0.4, 0.5) is 0 Å². The second-order valence-electron chi connectivity index (χ2n) is 4.79. The number of benzene rings is 1. The second kappa shape index (κ2) is 6.55. The molecule has 0 saturated carbocycles. The number of rotatable bonds is 6. The molecule has 102 valence electrons. The van der Waals surface area contributed by atoms with E-state index in [1.807, 2.05) is 32.2 Å². The Bertz CT molecular complexity index is 500. The number of halogens is 1. The summed E-state index contributed by atoms with van der Waals surface area (Å²) in [6, 6.07) is 5.85. The molecule has 0 bridgehead atoms. The lowest BCUT2D eigenvalue weighted by Gasteiger charge is -2.17. The van der Waals surface area contributed by atoms with Crippen LogP contribution >= 0.6 is 11.6 Å². The summed E-state index contributed by atoms with van der Waals surface area (Å²) in [4.78, 5) is 2.13. The Hall–Kier alpha value is -0.580. The Morgan fingerprint density at radius 1 is 1.33 bits per heavy atom. The lowest BCUT2D eigenvalue weighted by atomic mass is 10.1. The van der Waals surface area contributed by atoms with E-state index in [0.717, 1.165) is 23.7 Å². The summed E-state index contributed by atoms with van der Waals surface area (Å²) in [5, 5.41) is 0.746. The maximum atomic E-state index is 11.0. The van der Waals surface area contributed by atoms with Crippen LogP contribution in [0.1, 0.15) is 17.5 Å². The summed E-state index contributed by atoms with van der Waals surface area (Å²) in [6.07, 6.45) is 1.94. The average Bonchev–Trinajstić information content (AvgIpc) is 2.20. The maximum absolute atomic E-state index is 11.0. The lowest BCUT2D eigenvalue weighted by Crippen LogP contribution is -2.21. The Balaban J connectivity index is 2.47. The number of hydrogen-bond acceptors (Lipinski definition) is 3. The van der Waals surface area contributed by atoms with Crippen molar-refractivity contribution >= 4 is 21.4 Å². The third kappa shape index (κ3) is 5.85. The average molecular weight is 290 g/mol. The van der Waals surface area contributed by atoms with Crippen molar-refractivity contribution in [2.24, 2.45) is 0 Å². The molecule has 1 aromatic carbocycles. The van der Waals surface area contributed by atoms with Crippen LogP contribution in [0.15, 0.2) is 18.2 Å². The number of hydrogen-bond donors (Lipinski definition) is 0. The largest absolute Gasteiger partial charge is 0.302 e. The van der Waals surface area contributed by atoms with Gasteiger partial charge < -0.3 is 4.90 Å². The summed E-state index contributed by atoms with van der Waals surface area (Å²) < 4.78 is 22.1. The summed E-state index contributed by atoms with van der Waals surface area (Å²) in [6.45, 7) is 3.62. The Morgan fingerprint density at radius 3 is 2.56 bits per heavy atom. The van der Waals surface area contributed by atoms with Crippen molar-refractivity contribution in [3.05, 3.63) is 34.3 Å². The van der Waals surface area contributed by atoms with Crippen LogP contribution in [0.5, 0.6) is 0 Å². The minimum atomic E-state index is -2.85. The third-order valence-corrected chi connectivity index (χ3v) is 4.07. The molecular weight excluding hydrogens is 270 g/mol. The first-order valence-electron chi connectivity index (χ1n) is 5.89. The van der Waals surface area contributed by atoms with Crippen LogP contribution in [-0.2, 0) is 16.4 Å². The molecule has 3 nitrogen and oxygen atoms in total. The van der Waals surface area contributed by atoms with Gasteiger partial charge in [-0.1, -0.05) is 17.7 Å². The van der Waals surface area contributed by atoms with Gasteiger partial charge in [-0.2, -0.15) is 0 Å². The molecule has 0 amide bonds. The standard InChI is InChI=1S/C13H20ClNO2S/c1-11-9-13(14)6-5-12(11)10-15(2)7-4-8-18(3,16)17/h5-6,9H,4,7-8,10H2,1-3H3. The van der Waals surface area contributed by atoms with E-state index >= 15 is 0 Å². The van der Waals surface area contributed by atoms with E-state index in [9.17, 15) is 8.42 Å². The molecule has 0 aliphatic carbocycles. The molecule has 0 aliphatic rings. The van der Waals surface area contributed by atoms with Crippen molar-refractivity contribution in [1.82, 2.24) is 4.90 Å². The van der Waals surface area contributed by atoms with E-state index in [0.29, 0.717) is 6.42 Å². The monoisotopic (exact) mass is 289 g/mol. The van der Waals surface area contributed by atoms with Gasteiger partial charge in [-0.05, 0) is 50.2 Å².